The number of ether oxygens (including phenoxy) is 4. The maximum atomic E-state index is 12.6. The van der Waals surface area contributed by atoms with Gasteiger partial charge in [-0.3, -0.25) is 4.99 Å². The fourth-order valence-corrected chi connectivity index (χ4v) is 3.95. The van der Waals surface area contributed by atoms with E-state index in [1.165, 1.54) is 13.5 Å². The molecule has 0 aromatic heterocycles. The molecule has 1 unspecified atom stereocenters. The first kappa shape index (κ1) is 23.5. The van der Waals surface area contributed by atoms with E-state index in [-0.39, 0.29) is 23.7 Å². The third-order valence-corrected chi connectivity index (χ3v) is 5.64. The molecule has 7 nitrogen and oxygen atoms in total. The smallest absolute Gasteiger partial charge is 0.387 e. The van der Waals surface area contributed by atoms with E-state index in [0.717, 1.165) is 56.9 Å². The molecule has 0 aliphatic carbocycles. The summed E-state index contributed by atoms with van der Waals surface area (Å²) in [5.41, 5.74) is 0.795. The first-order valence-electron chi connectivity index (χ1n) is 10.9. The second-order valence-corrected chi connectivity index (χ2v) is 7.77. The standard InChI is InChI=1S/C22H33F2N3O4/c1-25-22(26-14-16-6-7-19(28-2)20(13-16)31-21(23)24)27-10-8-17(9-11-27)30-15-18-5-3-4-12-29-18/h6-7,13,17-18,21H,3-5,8-12,14-15H2,1-2H3,(H,25,26). The molecule has 2 heterocycles. The SMILES string of the molecule is CN=C(NCc1ccc(OC)c(OC(F)F)c1)N1CCC(OCC2CCCCO2)CC1. The Morgan fingerprint density at radius 3 is 2.68 bits per heavy atom. The van der Waals surface area contributed by atoms with E-state index >= 15 is 0 Å². The maximum Gasteiger partial charge on any atom is 0.387 e. The van der Waals surface area contributed by atoms with Crippen LogP contribution < -0.4 is 14.8 Å². The molecule has 1 aromatic carbocycles. The summed E-state index contributed by atoms with van der Waals surface area (Å²) in [7, 11) is 3.16. The fourth-order valence-electron chi connectivity index (χ4n) is 3.95. The predicted octanol–water partition coefficient (Wildman–Crippen LogP) is 3.42. The third kappa shape index (κ3) is 7.21. The number of likely N-dealkylation sites (tertiary alicyclic amines) is 1. The Morgan fingerprint density at radius 1 is 1.23 bits per heavy atom. The van der Waals surface area contributed by atoms with E-state index in [4.69, 9.17) is 14.2 Å². The van der Waals surface area contributed by atoms with Crippen molar-refractivity contribution in [3.8, 4) is 11.5 Å². The number of nitrogens with zero attached hydrogens (tertiary/aromatic N) is 2. The third-order valence-electron chi connectivity index (χ3n) is 5.64. The van der Waals surface area contributed by atoms with Crippen LogP contribution in [0.15, 0.2) is 23.2 Å². The zero-order valence-corrected chi connectivity index (χ0v) is 18.3. The summed E-state index contributed by atoms with van der Waals surface area (Å²) in [5.74, 6) is 1.07. The lowest BCUT2D eigenvalue weighted by molar-refractivity contribution is -0.0721. The van der Waals surface area contributed by atoms with Gasteiger partial charge in [-0.25, -0.2) is 0 Å². The van der Waals surface area contributed by atoms with Gasteiger partial charge in [0, 0.05) is 33.3 Å². The van der Waals surface area contributed by atoms with Gasteiger partial charge in [-0.2, -0.15) is 8.78 Å². The Labute approximate surface area is 182 Å². The molecular formula is C22H33F2N3O4. The summed E-state index contributed by atoms with van der Waals surface area (Å²) in [6.07, 6.45) is 5.81. The van der Waals surface area contributed by atoms with Gasteiger partial charge in [0.25, 0.3) is 0 Å². The molecule has 0 amide bonds. The van der Waals surface area contributed by atoms with Crippen molar-refractivity contribution in [1.82, 2.24) is 10.2 Å². The van der Waals surface area contributed by atoms with Gasteiger partial charge in [0.2, 0.25) is 0 Å². The molecular weight excluding hydrogens is 408 g/mol. The van der Waals surface area contributed by atoms with E-state index in [0.29, 0.717) is 13.2 Å². The van der Waals surface area contributed by atoms with Crippen molar-refractivity contribution >= 4 is 5.96 Å². The summed E-state index contributed by atoms with van der Waals surface area (Å²) in [5, 5.41) is 3.30. The lowest BCUT2D eigenvalue weighted by atomic mass is 10.1. The zero-order valence-electron chi connectivity index (χ0n) is 18.3. The Morgan fingerprint density at radius 2 is 2.03 bits per heavy atom. The van der Waals surface area contributed by atoms with Crippen LogP contribution in [-0.2, 0) is 16.0 Å². The van der Waals surface area contributed by atoms with Crippen LogP contribution in [0.1, 0.15) is 37.7 Å². The minimum absolute atomic E-state index is 0.0201. The first-order chi connectivity index (χ1) is 15.1. The van der Waals surface area contributed by atoms with Gasteiger partial charge in [-0.1, -0.05) is 6.07 Å². The molecule has 9 heteroatoms. The van der Waals surface area contributed by atoms with Gasteiger partial charge >= 0.3 is 6.61 Å². The summed E-state index contributed by atoms with van der Waals surface area (Å²) in [6.45, 7) is 0.747. The van der Waals surface area contributed by atoms with Crippen LogP contribution >= 0.6 is 0 Å². The van der Waals surface area contributed by atoms with Gasteiger partial charge in [0.1, 0.15) is 0 Å². The second-order valence-electron chi connectivity index (χ2n) is 7.77. The van der Waals surface area contributed by atoms with Gasteiger partial charge in [0.05, 0.1) is 25.9 Å². The number of methoxy groups -OCH3 is 1. The minimum atomic E-state index is -2.90. The number of hydrogen-bond donors (Lipinski definition) is 1. The Hall–Kier alpha value is -2.13. The number of guanidine groups is 1. The van der Waals surface area contributed by atoms with Crippen molar-refractivity contribution in [2.75, 3.05) is 40.5 Å². The molecule has 1 atom stereocenters. The van der Waals surface area contributed by atoms with Crippen molar-refractivity contribution < 1.29 is 27.7 Å². The topological polar surface area (TPSA) is 64.6 Å². The number of alkyl halides is 2. The van der Waals surface area contributed by atoms with E-state index in [9.17, 15) is 8.78 Å². The highest BCUT2D eigenvalue weighted by Gasteiger charge is 2.24. The monoisotopic (exact) mass is 441 g/mol. The van der Waals surface area contributed by atoms with E-state index < -0.39 is 6.61 Å². The molecule has 0 saturated carbocycles. The number of rotatable bonds is 8. The quantitative estimate of drug-likeness (QED) is 0.493. The average molecular weight is 442 g/mol. The van der Waals surface area contributed by atoms with Crippen molar-refractivity contribution in [3.05, 3.63) is 23.8 Å². The molecule has 2 saturated heterocycles. The van der Waals surface area contributed by atoms with E-state index in [1.54, 1.807) is 19.2 Å². The van der Waals surface area contributed by atoms with Crippen LogP contribution in [0.4, 0.5) is 8.78 Å². The lowest BCUT2D eigenvalue weighted by Crippen LogP contribution is -2.47. The first-order valence-corrected chi connectivity index (χ1v) is 10.9. The summed E-state index contributed by atoms with van der Waals surface area (Å²) in [4.78, 5) is 6.56. The Balaban J connectivity index is 1.45. The number of aliphatic imine (C=N–C) groups is 1. The summed E-state index contributed by atoms with van der Waals surface area (Å²) >= 11 is 0. The number of piperidine rings is 1. The Kier molecular flexibility index (Phi) is 9.14. The van der Waals surface area contributed by atoms with Crippen LogP contribution in [0.5, 0.6) is 11.5 Å². The number of hydrogen-bond acceptors (Lipinski definition) is 5. The van der Waals surface area contributed by atoms with Crippen LogP contribution in [-0.4, -0.2) is 70.1 Å². The van der Waals surface area contributed by atoms with Crippen LogP contribution in [0.2, 0.25) is 0 Å². The van der Waals surface area contributed by atoms with Crippen molar-refractivity contribution in [2.45, 2.75) is 57.5 Å². The number of benzene rings is 1. The molecule has 2 fully saturated rings. The van der Waals surface area contributed by atoms with Crippen LogP contribution in [0, 0.1) is 0 Å². The van der Waals surface area contributed by atoms with Crippen LogP contribution in [0.3, 0.4) is 0 Å². The molecule has 0 radical (unpaired) electrons. The molecule has 3 rings (SSSR count). The van der Waals surface area contributed by atoms with Gasteiger partial charge in [-0.15, -0.1) is 0 Å². The normalized spacial score (nSPS) is 20.7. The molecule has 1 aromatic rings. The van der Waals surface area contributed by atoms with Crippen molar-refractivity contribution in [3.63, 3.8) is 0 Å². The molecule has 2 aliphatic heterocycles. The van der Waals surface area contributed by atoms with Gasteiger partial charge in [0.15, 0.2) is 17.5 Å². The van der Waals surface area contributed by atoms with Crippen molar-refractivity contribution in [2.24, 2.45) is 4.99 Å². The largest absolute Gasteiger partial charge is 0.493 e. The molecule has 1 N–H and O–H groups in total. The summed E-state index contributed by atoms with van der Waals surface area (Å²) < 4.78 is 46.7. The highest BCUT2D eigenvalue weighted by Crippen LogP contribution is 2.29. The van der Waals surface area contributed by atoms with E-state index in [1.807, 2.05) is 6.07 Å². The molecule has 0 spiro atoms. The number of nitrogens with one attached hydrogen (secondary N) is 1. The fraction of sp³-hybridized carbons (Fsp3) is 0.682. The Bertz CT molecular complexity index is 706. The molecule has 31 heavy (non-hydrogen) atoms. The second kappa shape index (κ2) is 12.0. The van der Waals surface area contributed by atoms with Gasteiger partial charge in [-0.05, 0) is 49.8 Å². The lowest BCUT2D eigenvalue weighted by Gasteiger charge is -2.35. The highest BCUT2D eigenvalue weighted by atomic mass is 19.3. The minimum Gasteiger partial charge on any atom is -0.493 e. The molecule has 174 valence electrons. The molecule has 0 bridgehead atoms. The molecule has 2 aliphatic rings. The zero-order chi connectivity index (χ0) is 22.1. The van der Waals surface area contributed by atoms with Crippen molar-refractivity contribution in [1.29, 1.82) is 0 Å². The number of halogens is 2. The van der Waals surface area contributed by atoms with Gasteiger partial charge < -0.3 is 29.2 Å². The maximum absolute atomic E-state index is 12.6. The van der Waals surface area contributed by atoms with Crippen LogP contribution in [0.25, 0.3) is 0 Å². The summed E-state index contributed by atoms with van der Waals surface area (Å²) in [6, 6.07) is 4.99. The highest BCUT2D eigenvalue weighted by molar-refractivity contribution is 5.80. The van der Waals surface area contributed by atoms with E-state index in [2.05, 4.69) is 19.9 Å². The average Bonchev–Trinajstić information content (AvgIpc) is 2.79. The predicted molar refractivity (Wildman–Crippen MR) is 114 cm³/mol.